The van der Waals surface area contributed by atoms with E-state index in [1.54, 1.807) is 0 Å². The van der Waals surface area contributed by atoms with E-state index in [2.05, 4.69) is 15.3 Å². The zero-order chi connectivity index (χ0) is 15.5. The van der Waals surface area contributed by atoms with Gasteiger partial charge in [-0.3, -0.25) is 14.4 Å². The van der Waals surface area contributed by atoms with E-state index in [0.717, 1.165) is 26.2 Å². The number of amides is 1. The van der Waals surface area contributed by atoms with Crippen LogP contribution in [0.5, 0.6) is 0 Å². The van der Waals surface area contributed by atoms with Gasteiger partial charge in [-0.2, -0.15) is 18.3 Å². The summed E-state index contributed by atoms with van der Waals surface area (Å²) in [6, 6.07) is 0.754. The van der Waals surface area contributed by atoms with Gasteiger partial charge in [-0.25, -0.2) is 0 Å². The van der Waals surface area contributed by atoms with Gasteiger partial charge >= 0.3 is 6.18 Å². The molecule has 0 spiro atoms. The lowest BCUT2D eigenvalue weighted by atomic mass is 10.3. The van der Waals surface area contributed by atoms with Crippen molar-refractivity contribution in [3.63, 3.8) is 0 Å². The summed E-state index contributed by atoms with van der Waals surface area (Å²) in [6.45, 7) is 3.88. The summed E-state index contributed by atoms with van der Waals surface area (Å²) in [5.74, 6) is -0.602. The predicted octanol–water partition coefficient (Wildman–Crippen LogP) is 0.501. The molecule has 1 aliphatic rings. The van der Waals surface area contributed by atoms with Crippen molar-refractivity contribution in [3.8, 4) is 0 Å². The van der Waals surface area contributed by atoms with Gasteiger partial charge in [0.25, 0.3) is 5.91 Å². The topological polar surface area (TPSA) is 59.4 Å². The van der Waals surface area contributed by atoms with Crippen LogP contribution >= 0.6 is 0 Å². The van der Waals surface area contributed by atoms with E-state index in [-0.39, 0.29) is 5.69 Å². The Morgan fingerprint density at radius 1 is 1.43 bits per heavy atom. The number of rotatable bonds is 4. The number of carbonyl (C=O) groups is 1. The van der Waals surface area contributed by atoms with E-state index in [4.69, 9.17) is 4.74 Å². The summed E-state index contributed by atoms with van der Waals surface area (Å²) in [6.07, 6.45) is -4.52. The lowest BCUT2D eigenvalue weighted by Gasteiger charge is -2.26. The molecule has 1 aromatic heterocycles. The molecule has 0 unspecified atom stereocenters. The van der Waals surface area contributed by atoms with Crippen molar-refractivity contribution in [2.24, 2.45) is 7.05 Å². The largest absolute Gasteiger partial charge is 0.433 e. The molecule has 1 fully saturated rings. The third-order valence-corrected chi connectivity index (χ3v) is 3.22. The van der Waals surface area contributed by atoms with Crippen molar-refractivity contribution in [1.29, 1.82) is 0 Å². The molecule has 0 saturated carbocycles. The van der Waals surface area contributed by atoms with E-state index >= 15 is 0 Å². The van der Waals surface area contributed by atoms with E-state index in [1.807, 2.05) is 0 Å². The fourth-order valence-electron chi connectivity index (χ4n) is 2.09. The number of nitrogens with one attached hydrogen (secondary N) is 1. The highest BCUT2D eigenvalue weighted by Crippen LogP contribution is 2.29. The lowest BCUT2D eigenvalue weighted by Crippen LogP contribution is -2.41. The van der Waals surface area contributed by atoms with Crippen molar-refractivity contribution >= 4 is 5.91 Å². The Kier molecular flexibility index (Phi) is 4.84. The van der Waals surface area contributed by atoms with Crippen LogP contribution in [0.4, 0.5) is 13.2 Å². The van der Waals surface area contributed by atoms with Crippen LogP contribution in [0.15, 0.2) is 6.07 Å². The zero-order valence-corrected chi connectivity index (χ0v) is 11.6. The molecule has 2 heterocycles. The van der Waals surface area contributed by atoms with Gasteiger partial charge in [-0.1, -0.05) is 0 Å². The fourth-order valence-corrected chi connectivity index (χ4v) is 2.09. The third kappa shape index (κ3) is 4.18. The number of aromatic nitrogens is 2. The van der Waals surface area contributed by atoms with Gasteiger partial charge in [0.05, 0.1) is 13.2 Å². The normalized spacial score (nSPS) is 17.0. The predicted molar refractivity (Wildman–Crippen MR) is 67.8 cm³/mol. The third-order valence-electron chi connectivity index (χ3n) is 3.22. The first kappa shape index (κ1) is 15.8. The number of ether oxygens (including phenoxy) is 1. The van der Waals surface area contributed by atoms with E-state index in [0.29, 0.717) is 31.0 Å². The molecule has 0 radical (unpaired) electrons. The second-order valence-corrected chi connectivity index (χ2v) is 4.75. The molecule has 118 valence electrons. The van der Waals surface area contributed by atoms with Crippen LogP contribution in [0.25, 0.3) is 0 Å². The number of morpholine rings is 1. The Balaban J connectivity index is 1.86. The van der Waals surface area contributed by atoms with Gasteiger partial charge in [0, 0.05) is 39.3 Å². The van der Waals surface area contributed by atoms with Gasteiger partial charge in [0.1, 0.15) is 5.69 Å². The van der Waals surface area contributed by atoms with Crippen LogP contribution in [-0.2, 0) is 18.0 Å². The molecule has 9 heteroatoms. The first-order valence-electron chi connectivity index (χ1n) is 6.57. The number of carbonyl (C=O) groups excluding carboxylic acids is 1. The second kappa shape index (κ2) is 6.44. The molecule has 1 amide bonds. The summed E-state index contributed by atoms with van der Waals surface area (Å²) < 4.78 is 43.7. The summed E-state index contributed by atoms with van der Waals surface area (Å²) in [7, 11) is 1.16. The number of aryl methyl sites for hydroxylation is 1. The molecular weight excluding hydrogens is 289 g/mol. The first-order valence-corrected chi connectivity index (χ1v) is 6.57. The van der Waals surface area contributed by atoms with Gasteiger partial charge in [0.15, 0.2) is 5.69 Å². The molecule has 2 rings (SSSR count). The maximum atomic E-state index is 12.6. The van der Waals surface area contributed by atoms with Crippen LogP contribution in [0, 0.1) is 0 Å². The fraction of sp³-hybridized carbons (Fsp3) is 0.667. The van der Waals surface area contributed by atoms with Crippen LogP contribution < -0.4 is 5.32 Å². The van der Waals surface area contributed by atoms with Gasteiger partial charge < -0.3 is 10.1 Å². The maximum Gasteiger partial charge on any atom is 0.433 e. The van der Waals surface area contributed by atoms with Crippen molar-refractivity contribution in [2.75, 3.05) is 39.4 Å². The van der Waals surface area contributed by atoms with Gasteiger partial charge in [-0.05, 0) is 0 Å². The van der Waals surface area contributed by atoms with Crippen molar-refractivity contribution < 1.29 is 22.7 Å². The molecule has 1 saturated heterocycles. The van der Waals surface area contributed by atoms with Crippen LogP contribution in [-0.4, -0.2) is 60.0 Å². The summed E-state index contributed by atoms with van der Waals surface area (Å²) in [5, 5.41) is 6.17. The van der Waals surface area contributed by atoms with Crippen LogP contribution in [0.1, 0.15) is 16.2 Å². The van der Waals surface area contributed by atoms with Gasteiger partial charge in [0.2, 0.25) is 0 Å². The second-order valence-electron chi connectivity index (χ2n) is 4.75. The summed E-state index contributed by atoms with van der Waals surface area (Å²) in [5.41, 5.74) is -1.17. The highest BCUT2D eigenvalue weighted by atomic mass is 19.4. The Hall–Kier alpha value is -1.61. The van der Waals surface area contributed by atoms with E-state index in [9.17, 15) is 18.0 Å². The monoisotopic (exact) mass is 306 g/mol. The quantitative estimate of drug-likeness (QED) is 0.880. The highest BCUT2D eigenvalue weighted by Gasteiger charge is 2.35. The van der Waals surface area contributed by atoms with Crippen molar-refractivity contribution in [3.05, 3.63) is 17.5 Å². The Labute approximate surface area is 119 Å². The minimum atomic E-state index is -4.52. The molecule has 1 aliphatic heterocycles. The molecule has 1 N–H and O–H groups in total. The zero-order valence-electron chi connectivity index (χ0n) is 11.6. The van der Waals surface area contributed by atoms with Crippen LogP contribution in [0.2, 0.25) is 0 Å². The summed E-state index contributed by atoms with van der Waals surface area (Å²) >= 11 is 0. The number of halogens is 3. The Morgan fingerprint density at radius 3 is 2.67 bits per heavy atom. The lowest BCUT2D eigenvalue weighted by molar-refractivity contribution is -0.143. The average molecular weight is 306 g/mol. The number of hydrogen-bond acceptors (Lipinski definition) is 4. The molecule has 0 bridgehead atoms. The number of hydrogen-bond donors (Lipinski definition) is 1. The van der Waals surface area contributed by atoms with Crippen LogP contribution in [0.3, 0.4) is 0 Å². The smallest absolute Gasteiger partial charge is 0.379 e. The Bertz CT molecular complexity index is 495. The first-order chi connectivity index (χ1) is 9.88. The van der Waals surface area contributed by atoms with E-state index in [1.165, 1.54) is 0 Å². The molecule has 0 aromatic carbocycles. The number of nitrogens with zero attached hydrogens (tertiary/aromatic N) is 3. The van der Waals surface area contributed by atoms with Crippen molar-refractivity contribution in [1.82, 2.24) is 20.0 Å². The molecule has 6 nitrogen and oxygen atoms in total. The molecule has 1 aromatic rings. The molecule has 21 heavy (non-hydrogen) atoms. The number of alkyl halides is 3. The van der Waals surface area contributed by atoms with E-state index < -0.39 is 17.8 Å². The standard InChI is InChI=1S/C12H17F3N4O2/c1-18-10(12(13,14)15)8-9(17-18)11(20)16-2-3-19-4-6-21-7-5-19/h8H,2-7H2,1H3,(H,16,20). The van der Waals surface area contributed by atoms with Gasteiger partial charge in [-0.15, -0.1) is 0 Å². The summed E-state index contributed by atoms with van der Waals surface area (Å²) in [4.78, 5) is 13.9. The molecule has 0 atom stereocenters. The minimum absolute atomic E-state index is 0.230. The maximum absolute atomic E-state index is 12.6. The molecular formula is C12H17F3N4O2. The minimum Gasteiger partial charge on any atom is -0.379 e. The molecule has 0 aliphatic carbocycles. The SMILES string of the molecule is Cn1nc(C(=O)NCCN2CCOCC2)cc1C(F)(F)F. The Morgan fingerprint density at radius 2 is 2.10 bits per heavy atom. The average Bonchev–Trinajstić information content (AvgIpc) is 2.82. The van der Waals surface area contributed by atoms with Crippen molar-refractivity contribution in [2.45, 2.75) is 6.18 Å². The highest BCUT2D eigenvalue weighted by molar-refractivity contribution is 5.92.